The lowest BCUT2D eigenvalue weighted by molar-refractivity contribution is -0.311. The summed E-state index contributed by atoms with van der Waals surface area (Å²) in [5.74, 6) is -2.75. The van der Waals surface area contributed by atoms with Crippen molar-refractivity contribution < 1.29 is 67.2 Å². The second kappa shape index (κ2) is 20.8. The zero-order valence-electron chi connectivity index (χ0n) is 40.2. The first-order chi connectivity index (χ1) is 30.9. The van der Waals surface area contributed by atoms with E-state index >= 15 is 0 Å². The first-order valence-corrected chi connectivity index (χ1v) is 23.8. The zero-order valence-corrected chi connectivity index (χ0v) is 40.2. The maximum absolute atomic E-state index is 14.4. The van der Waals surface area contributed by atoms with Crippen LogP contribution in [-0.4, -0.2) is 140 Å². The molecule has 7 rings (SSSR count). The van der Waals surface area contributed by atoms with E-state index in [1.54, 1.807) is 33.3 Å². The Balaban J connectivity index is 1.16. The first-order valence-electron chi connectivity index (χ1n) is 23.8. The van der Waals surface area contributed by atoms with E-state index < -0.39 is 84.7 Å². The Hall–Kier alpha value is -2.80. The van der Waals surface area contributed by atoms with Crippen LogP contribution in [0.15, 0.2) is 59.3 Å². The number of esters is 1. The van der Waals surface area contributed by atoms with Gasteiger partial charge in [0.25, 0.3) is 0 Å². The molecule has 65 heavy (non-hydrogen) atoms. The maximum atomic E-state index is 14.4. The number of carbonyl (C=O) groups is 2. The number of fused-ring (bicyclic) bond motifs is 2. The number of carbonyl (C=O) groups excluding carboxylic acids is 2. The molecule has 15 heteroatoms. The smallest absolute Gasteiger partial charge is 0.316 e. The van der Waals surface area contributed by atoms with Gasteiger partial charge in [0.15, 0.2) is 18.4 Å². The molecule has 20 atom stereocenters. The van der Waals surface area contributed by atoms with Gasteiger partial charge in [0.1, 0.15) is 35.9 Å². The third kappa shape index (κ3) is 10.6. The van der Waals surface area contributed by atoms with Gasteiger partial charge in [-0.2, -0.15) is 0 Å². The molecular weight excluding hydrogens is 839 g/mol. The summed E-state index contributed by atoms with van der Waals surface area (Å²) in [5, 5.41) is 26.7. The van der Waals surface area contributed by atoms with Crippen LogP contribution in [0.5, 0.6) is 0 Å². The molecule has 0 aromatic rings. The monoisotopic (exact) mass is 914 g/mol. The van der Waals surface area contributed by atoms with Crippen molar-refractivity contribution >= 4 is 11.9 Å². The van der Waals surface area contributed by atoms with Gasteiger partial charge in [0, 0.05) is 58.7 Å². The third-order valence-electron chi connectivity index (χ3n) is 14.9. The molecule has 1 aliphatic carbocycles. The molecule has 1 amide bonds. The molecule has 3 N–H and O–H groups in total. The molecule has 1 spiro atoms. The molecule has 0 radical (unpaired) electrons. The van der Waals surface area contributed by atoms with Gasteiger partial charge in [0.2, 0.25) is 5.91 Å². The van der Waals surface area contributed by atoms with Crippen LogP contribution in [0.25, 0.3) is 0 Å². The molecule has 7 aliphatic rings. The number of hydrogen-bond donors (Lipinski definition) is 3. The highest BCUT2D eigenvalue weighted by atomic mass is 16.7. The van der Waals surface area contributed by atoms with Crippen LogP contribution in [0.2, 0.25) is 0 Å². The molecular formula is C50H75NO14. The second-order valence-electron chi connectivity index (χ2n) is 19.7. The average Bonchev–Trinajstić information content (AvgIpc) is 3.61. The van der Waals surface area contributed by atoms with Gasteiger partial charge < -0.3 is 62.9 Å². The third-order valence-corrected chi connectivity index (χ3v) is 14.9. The fraction of sp³-hybridized carbons (Fsp3) is 0.760. The van der Waals surface area contributed by atoms with E-state index in [4.69, 9.17) is 47.4 Å². The predicted molar refractivity (Wildman–Crippen MR) is 239 cm³/mol. The Labute approximate surface area is 385 Å². The largest absolute Gasteiger partial charge is 0.462 e. The van der Waals surface area contributed by atoms with Gasteiger partial charge in [0.05, 0.1) is 55.4 Å². The number of methoxy groups -OCH3 is 2. The van der Waals surface area contributed by atoms with E-state index in [1.807, 2.05) is 39.0 Å². The van der Waals surface area contributed by atoms with Crippen LogP contribution < -0.4 is 5.32 Å². The number of nitrogens with one attached hydrogen (secondary N) is 1. The van der Waals surface area contributed by atoms with Crippen molar-refractivity contribution in [3.8, 4) is 0 Å². The Bertz CT molecular complexity index is 1850. The molecule has 6 heterocycles. The van der Waals surface area contributed by atoms with E-state index in [-0.39, 0.29) is 61.0 Å². The fourth-order valence-electron chi connectivity index (χ4n) is 11.0. The summed E-state index contributed by atoms with van der Waals surface area (Å²) in [5.41, 5.74) is 0.116. The number of rotatable bonds is 9. The van der Waals surface area contributed by atoms with Crippen molar-refractivity contribution in [2.24, 2.45) is 23.7 Å². The normalized spacial score (nSPS) is 45.2. The van der Waals surface area contributed by atoms with E-state index in [0.29, 0.717) is 36.8 Å². The van der Waals surface area contributed by atoms with Gasteiger partial charge in [-0.1, -0.05) is 70.6 Å². The van der Waals surface area contributed by atoms with E-state index in [2.05, 4.69) is 45.2 Å². The van der Waals surface area contributed by atoms with E-state index in [9.17, 15) is 19.8 Å². The van der Waals surface area contributed by atoms with Crippen molar-refractivity contribution in [3.63, 3.8) is 0 Å². The van der Waals surface area contributed by atoms with Crippen LogP contribution in [0.1, 0.15) is 101 Å². The van der Waals surface area contributed by atoms with Crippen LogP contribution in [0, 0.1) is 23.7 Å². The highest BCUT2D eigenvalue weighted by molar-refractivity contribution is 5.78. The lowest BCUT2D eigenvalue weighted by Gasteiger charge is -2.48. The molecule has 0 aromatic carbocycles. The van der Waals surface area contributed by atoms with Crippen molar-refractivity contribution in [3.05, 3.63) is 59.3 Å². The van der Waals surface area contributed by atoms with Crippen molar-refractivity contribution in [1.82, 2.24) is 5.32 Å². The molecule has 4 fully saturated rings. The summed E-state index contributed by atoms with van der Waals surface area (Å²) < 4.78 is 64.4. The highest BCUT2D eigenvalue weighted by Gasteiger charge is 2.60. The Morgan fingerprint density at radius 1 is 0.938 bits per heavy atom. The summed E-state index contributed by atoms with van der Waals surface area (Å²) in [4.78, 5) is 26.3. The van der Waals surface area contributed by atoms with E-state index in [0.717, 1.165) is 12.0 Å². The second-order valence-corrected chi connectivity index (χ2v) is 19.7. The summed E-state index contributed by atoms with van der Waals surface area (Å²) in [6.45, 7) is 17.7. The van der Waals surface area contributed by atoms with Gasteiger partial charge in [-0.25, -0.2) is 0 Å². The summed E-state index contributed by atoms with van der Waals surface area (Å²) in [7, 11) is 3.27. The standard InChI is InChI=1S/C50H75NO14/c1-12-26(2)45-29(5)18-19-49(65-45)24-36-21-35(64-49)17-16-28(4)44(27(3)14-13-15-34-25-58-47-43(53)30(6)20-37(48(54)61-36)50(34,47)55)62-41-23-39(57-11)46(32(8)60-41)63-40-22-38(56-10)42(31(7)59-40)51-33(9)52/h13-16,18-20,26-27,29,31-32,35-47,53,55H,12,17,21-25H2,1-11H3,(H,51,52)/t26?,27-,29-,31-,32-,35+,36-,37-,38-,39-,40-,41-,42-,43+,44-,45+,46-,47+,49+,50+/m0/s1. The Morgan fingerprint density at radius 3 is 2.35 bits per heavy atom. The number of aliphatic hydroxyl groups is 2. The minimum atomic E-state index is -1.84. The minimum absolute atomic E-state index is 0.0270. The molecule has 0 aromatic heterocycles. The molecule has 2 bridgehead atoms. The van der Waals surface area contributed by atoms with Crippen molar-refractivity contribution in [1.29, 1.82) is 0 Å². The van der Waals surface area contributed by atoms with Gasteiger partial charge >= 0.3 is 5.97 Å². The quantitative estimate of drug-likeness (QED) is 0.195. The number of aliphatic hydroxyl groups excluding tert-OH is 1. The van der Waals surface area contributed by atoms with Gasteiger partial charge in [-0.15, -0.1) is 0 Å². The zero-order chi connectivity index (χ0) is 47.0. The Morgan fingerprint density at radius 2 is 1.65 bits per heavy atom. The van der Waals surface area contributed by atoms with Crippen LogP contribution >= 0.6 is 0 Å². The minimum Gasteiger partial charge on any atom is -0.462 e. The summed E-state index contributed by atoms with van der Waals surface area (Å²) in [6.07, 6.45) is 9.46. The SMILES string of the molecule is CCC(C)[C@H]1O[C@]2(C=C[C@@H]1C)C[C@@H]1C[C@@H](CC=C(C)[C@@H](O[C@H]3C[C@H](OC)[C@@H](O[C@H]4C[C@H](OC)[C@@H](NC(C)=O)[C@H](C)O4)[C@H](C)O3)[C@@H](C)C=CC=C3CO[C@@H]4[C@H](O)C(C)=C[C@@H](C(=O)O1)[C@]34O)O2. The Kier molecular flexibility index (Phi) is 16.0. The number of amides is 1. The average molecular weight is 914 g/mol. The lowest BCUT2D eigenvalue weighted by atomic mass is 9.71. The first kappa shape index (κ1) is 50.1. The fourth-order valence-corrected chi connectivity index (χ4v) is 11.0. The van der Waals surface area contributed by atoms with E-state index in [1.165, 1.54) is 6.92 Å². The molecule has 0 saturated carbocycles. The molecule has 6 aliphatic heterocycles. The summed E-state index contributed by atoms with van der Waals surface area (Å²) in [6, 6.07) is -0.315. The van der Waals surface area contributed by atoms with Crippen LogP contribution in [-0.2, 0) is 57.0 Å². The van der Waals surface area contributed by atoms with Crippen LogP contribution in [0.3, 0.4) is 0 Å². The summed E-state index contributed by atoms with van der Waals surface area (Å²) >= 11 is 0. The topological polar surface area (TPSA) is 179 Å². The highest BCUT2D eigenvalue weighted by Crippen LogP contribution is 2.47. The molecule has 364 valence electrons. The number of allylic oxidation sites excluding steroid dienone is 2. The molecule has 15 nitrogen and oxygen atoms in total. The number of ether oxygens (including phenoxy) is 10. The molecule has 1 unspecified atom stereocenters. The van der Waals surface area contributed by atoms with Crippen LogP contribution in [0.4, 0.5) is 0 Å². The van der Waals surface area contributed by atoms with Gasteiger partial charge in [-0.3, -0.25) is 9.59 Å². The predicted octanol–water partition coefficient (Wildman–Crippen LogP) is 5.52. The maximum Gasteiger partial charge on any atom is 0.316 e. The molecule has 4 saturated heterocycles. The van der Waals surface area contributed by atoms with Crippen molar-refractivity contribution in [2.45, 2.75) is 198 Å². The van der Waals surface area contributed by atoms with Gasteiger partial charge in [-0.05, 0) is 62.8 Å². The van der Waals surface area contributed by atoms with Crippen molar-refractivity contribution in [2.75, 3.05) is 20.8 Å². The lowest BCUT2D eigenvalue weighted by Crippen LogP contribution is -2.58. The number of hydrogen-bond acceptors (Lipinski definition) is 14.